The first-order valence-electron chi connectivity index (χ1n) is 8.42. The van der Waals surface area contributed by atoms with E-state index in [2.05, 4.69) is 25.3 Å². The minimum absolute atomic E-state index is 0.141. The zero-order chi connectivity index (χ0) is 19.0. The molecule has 27 heavy (non-hydrogen) atoms. The molecule has 4 rings (SSSR count). The Morgan fingerprint density at radius 1 is 1.11 bits per heavy atom. The maximum absolute atomic E-state index is 12.6. The van der Waals surface area contributed by atoms with Gasteiger partial charge in [0.2, 0.25) is 5.91 Å². The quantitative estimate of drug-likeness (QED) is 0.373. The lowest BCUT2D eigenvalue weighted by molar-refractivity contribution is -0.115. The monoisotopic (exact) mass is 379 g/mol. The van der Waals surface area contributed by atoms with Crippen molar-refractivity contribution in [2.24, 2.45) is 0 Å². The van der Waals surface area contributed by atoms with Gasteiger partial charge in [0, 0.05) is 11.1 Å². The molecule has 0 fully saturated rings. The number of fused-ring (bicyclic) bond motifs is 2. The van der Waals surface area contributed by atoms with E-state index in [4.69, 9.17) is 0 Å². The Balaban J connectivity index is 1.54. The van der Waals surface area contributed by atoms with Gasteiger partial charge >= 0.3 is 5.69 Å². The van der Waals surface area contributed by atoms with Crippen molar-refractivity contribution in [3.63, 3.8) is 0 Å². The van der Waals surface area contributed by atoms with Crippen LogP contribution in [0.2, 0.25) is 0 Å². The van der Waals surface area contributed by atoms with Gasteiger partial charge in [-0.25, -0.2) is 14.8 Å². The van der Waals surface area contributed by atoms with Gasteiger partial charge in [0.1, 0.15) is 10.9 Å². The fourth-order valence-electron chi connectivity index (χ4n) is 2.82. The molecule has 3 N–H and O–H groups in total. The van der Waals surface area contributed by atoms with Crippen molar-refractivity contribution in [2.75, 3.05) is 5.32 Å². The van der Waals surface area contributed by atoms with Crippen LogP contribution in [0.1, 0.15) is 12.7 Å². The van der Waals surface area contributed by atoms with Gasteiger partial charge in [-0.1, -0.05) is 30.0 Å². The summed E-state index contributed by atoms with van der Waals surface area (Å²) in [6, 6.07) is 13.0. The van der Waals surface area contributed by atoms with Crippen LogP contribution in [0.25, 0.3) is 21.9 Å². The second-order valence-corrected chi connectivity index (χ2v) is 7.51. The highest BCUT2D eigenvalue weighted by molar-refractivity contribution is 8.00. The maximum Gasteiger partial charge on any atom is 0.323 e. The van der Waals surface area contributed by atoms with Crippen LogP contribution in [-0.2, 0) is 4.79 Å². The van der Waals surface area contributed by atoms with Gasteiger partial charge in [0.05, 0.1) is 21.8 Å². The number of anilines is 1. The van der Waals surface area contributed by atoms with Gasteiger partial charge in [0.15, 0.2) is 0 Å². The Kier molecular flexibility index (Phi) is 4.41. The van der Waals surface area contributed by atoms with Crippen molar-refractivity contribution in [1.82, 2.24) is 19.9 Å². The number of hydrogen-bond acceptors (Lipinski definition) is 5. The summed E-state index contributed by atoms with van der Waals surface area (Å²) in [7, 11) is 0. The molecule has 0 saturated carbocycles. The summed E-state index contributed by atoms with van der Waals surface area (Å²) in [5.41, 5.74) is 2.56. The van der Waals surface area contributed by atoms with E-state index in [-0.39, 0.29) is 16.8 Å². The predicted molar refractivity (Wildman–Crippen MR) is 107 cm³/mol. The SMILES string of the molecule is Cc1nc(S[C@@H](C)C(=O)Nc2ccc3[nH]c(=O)[nH]c3c2)c2ccccc2n1. The summed E-state index contributed by atoms with van der Waals surface area (Å²) in [5, 5.41) is 4.24. The van der Waals surface area contributed by atoms with Crippen LogP contribution in [0.4, 0.5) is 5.69 Å². The van der Waals surface area contributed by atoms with Crippen LogP contribution < -0.4 is 11.0 Å². The number of H-pyrrole nitrogens is 2. The van der Waals surface area contributed by atoms with Gasteiger partial charge in [0.25, 0.3) is 0 Å². The number of nitrogens with zero attached hydrogens (tertiary/aromatic N) is 2. The highest BCUT2D eigenvalue weighted by Crippen LogP contribution is 2.29. The van der Waals surface area contributed by atoms with Crippen LogP contribution >= 0.6 is 11.8 Å². The molecule has 2 heterocycles. The zero-order valence-corrected chi connectivity index (χ0v) is 15.6. The van der Waals surface area contributed by atoms with Gasteiger partial charge in [-0.15, -0.1) is 0 Å². The lowest BCUT2D eigenvalue weighted by Gasteiger charge is -2.13. The molecule has 0 radical (unpaired) electrons. The summed E-state index contributed by atoms with van der Waals surface area (Å²) in [6.45, 7) is 3.68. The number of aryl methyl sites for hydroxylation is 1. The Morgan fingerprint density at radius 2 is 1.89 bits per heavy atom. The van der Waals surface area contributed by atoms with Gasteiger partial charge in [-0.3, -0.25) is 4.79 Å². The molecule has 2 aromatic carbocycles. The average molecular weight is 379 g/mol. The van der Waals surface area contributed by atoms with Crippen molar-refractivity contribution < 1.29 is 4.79 Å². The molecule has 1 amide bonds. The first-order valence-corrected chi connectivity index (χ1v) is 9.30. The largest absolute Gasteiger partial charge is 0.325 e. The van der Waals surface area contributed by atoms with E-state index in [0.29, 0.717) is 22.5 Å². The standard InChI is InChI=1S/C19H17N5O2S/c1-10(27-18-13-5-3-4-6-14(13)20-11(2)21-18)17(25)22-12-7-8-15-16(9-12)24-19(26)23-15/h3-10H,1-2H3,(H,22,25)(H2,23,24,26)/t10-/m0/s1. The summed E-state index contributed by atoms with van der Waals surface area (Å²) >= 11 is 1.40. The molecule has 0 saturated heterocycles. The maximum atomic E-state index is 12.6. The molecule has 0 aliphatic heterocycles. The van der Waals surface area contributed by atoms with Crippen molar-refractivity contribution >= 4 is 45.3 Å². The molecular weight excluding hydrogens is 362 g/mol. The number of amides is 1. The number of benzene rings is 2. The Hall–Kier alpha value is -3.13. The topological polar surface area (TPSA) is 104 Å². The van der Waals surface area contributed by atoms with Gasteiger partial charge in [-0.05, 0) is 38.1 Å². The minimum atomic E-state index is -0.358. The average Bonchev–Trinajstić information content (AvgIpc) is 3.00. The van der Waals surface area contributed by atoms with Crippen molar-refractivity contribution in [3.05, 3.63) is 58.8 Å². The van der Waals surface area contributed by atoms with Crippen LogP contribution in [0.5, 0.6) is 0 Å². The molecule has 2 aromatic heterocycles. The molecule has 136 valence electrons. The molecule has 0 spiro atoms. The van der Waals surface area contributed by atoms with E-state index in [1.807, 2.05) is 38.1 Å². The molecular formula is C19H17N5O2S. The molecule has 0 aliphatic carbocycles. The Bertz CT molecular complexity index is 1210. The number of imidazole rings is 1. The minimum Gasteiger partial charge on any atom is -0.325 e. The third kappa shape index (κ3) is 3.56. The number of aromatic nitrogens is 4. The molecule has 0 aliphatic rings. The first-order chi connectivity index (χ1) is 13.0. The fraction of sp³-hybridized carbons (Fsp3) is 0.158. The first kappa shape index (κ1) is 17.3. The number of rotatable bonds is 4. The number of carbonyl (C=O) groups excluding carboxylic acids is 1. The number of thioether (sulfide) groups is 1. The second kappa shape index (κ2) is 6.88. The number of hydrogen-bond donors (Lipinski definition) is 3. The number of aromatic amines is 2. The van der Waals surface area contributed by atoms with Crippen molar-refractivity contribution in [2.45, 2.75) is 24.1 Å². The van der Waals surface area contributed by atoms with E-state index in [0.717, 1.165) is 15.9 Å². The molecule has 0 unspecified atom stereocenters. The van der Waals surface area contributed by atoms with E-state index in [1.54, 1.807) is 18.2 Å². The lowest BCUT2D eigenvalue weighted by Crippen LogP contribution is -2.22. The summed E-state index contributed by atoms with van der Waals surface area (Å²) in [5.74, 6) is 0.531. The predicted octanol–water partition coefficient (Wildman–Crippen LogP) is 3.23. The molecule has 7 nitrogen and oxygen atoms in total. The highest BCUT2D eigenvalue weighted by atomic mass is 32.2. The molecule has 0 bridgehead atoms. The number of nitrogens with one attached hydrogen (secondary N) is 3. The summed E-state index contributed by atoms with van der Waals surface area (Å²) in [4.78, 5) is 38.3. The third-order valence-electron chi connectivity index (χ3n) is 4.12. The van der Waals surface area contributed by atoms with Crippen LogP contribution in [0, 0.1) is 6.92 Å². The van der Waals surface area contributed by atoms with Crippen molar-refractivity contribution in [3.8, 4) is 0 Å². The number of carbonyl (C=O) groups is 1. The van der Waals surface area contributed by atoms with E-state index in [1.165, 1.54) is 11.8 Å². The van der Waals surface area contributed by atoms with Gasteiger partial charge < -0.3 is 15.3 Å². The van der Waals surface area contributed by atoms with Crippen LogP contribution in [0.15, 0.2) is 52.3 Å². The highest BCUT2D eigenvalue weighted by Gasteiger charge is 2.18. The fourth-order valence-corrected chi connectivity index (χ4v) is 3.81. The van der Waals surface area contributed by atoms with Gasteiger partial charge in [-0.2, -0.15) is 0 Å². The van der Waals surface area contributed by atoms with Crippen molar-refractivity contribution in [1.29, 1.82) is 0 Å². The van der Waals surface area contributed by atoms with Crippen LogP contribution in [-0.4, -0.2) is 31.1 Å². The summed E-state index contributed by atoms with van der Waals surface area (Å²) in [6.07, 6.45) is 0. The van der Waals surface area contributed by atoms with E-state index >= 15 is 0 Å². The van der Waals surface area contributed by atoms with E-state index < -0.39 is 0 Å². The number of para-hydroxylation sites is 1. The normalized spacial score (nSPS) is 12.4. The lowest BCUT2D eigenvalue weighted by atomic mass is 10.2. The Morgan fingerprint density at radius 3 is 2.74 bits per heavy atom. The molecule has 4 aromatic rings. The Labute approximate surface area is 158 Å². The second-order valence-electron chi connectivity index (χ2n) is 6.18. The summed E-state index contributed by atoms with van der Waals surface area (Å²) < 4.78 is 0. The molecule has 8 heteroatoms. The molecule has 1 atom stereocenters. The third-order valence-corrected chi connectivity index (χ3v) is 5.22. The van der Waals surface area contributed by atoms with Crippen LogP contribution in [0.3, 0.4) is 0 Å². The van der Waals surface area contributed by atoms with E-state index in [9.17, 15) is 9.59 Å². The smallest absolute Gasteiger partial charge is 0.323 e. The zero-order valence-electron chi connectivity index (χ0n) is 14.7.